The molecule has 0 atom stereocenters. The maximum atomic E-state index is 11.9. The van der Waals surface area contributed by atoms with Crippen molar-refractivity contribution in [3.05, 3.63) is 46.4 Å². The van der Waals surface area contributed by atoms with Gasteiger partial charge in [0.2, 0.25) is 5.88 Å². The van der Waals surface area contributed by atoms with Crippen LogP contribution in [0.25, 0.3) is 10.9 Å². The summed E-state index contributed by atoms with van der Waals surface area (Å²) in [6.45, 7) is -0.305. The predicted molar refractivity (Wildman–Crippen MR) is 98.0 cm³/mol. The first-order valence-electron chi connectivity index (χ1n) is 7.39. The van der Waals surface area contributed by atoms with Crippen molar-refractivity contribution in [3.8, 4) is 17.4 Å². The maximum Gasteiger partial charge on any atom is 0.302 e. The van der Waals surface area contributed by atoms with Gasteiger partial charge in [0.25, 0.3) is 0 Å². The maximum absolute atomic E-state index is 11.9. The predicted octanol–water partition coefficient (Wildman–Crippen LogP) is 4.88. The number of aromatic nitrogens is 1. The molecule has 0 unspecified atom stereocenters. The Hall–Kier alpha value is -2.77. The molecule has 134 valence electrons. The zero-order valence-electron chi connectivity index (χ0n) is 13.5. The third-order valence-corrected chi connectivity index (χ3v) is 3.98. The fourth-order valence-corrected chi connectivity index (χ4v) is 2.79. The lowest BCUT2D eigenvalue weighted by Crippen LogP contribution is -2.07. The van der Waals surface area contributed by atoms with Crippen LogP contribution in [0, 0.1) is 0 Å². The highest BCUT2D eigenvalue weighted by molar-refractivity contribution is 6.38. The largest absolute Gasteiger partial charge is 0.497 e. The number of carbonyl (C=O) groups excluding carboxylic acids is 1. The molecule has 9 heteroatoms. The minimum absolute atomic E-state index is 0.0715. The number of azo groups is 1. The number of carbonyl (C=O) groups is 1. The molecule has 0 aliphatic heterocycles. The van der Waals surface area contributed by atoms with Gasteiger partial charge in [-0.25, -0.2) is 0 Å². The van der Waals surface area contributed by atoms with E-state index in [9.17, 15) is 9.90 Å². The van der Waals surface area contributed by atoms with Crippen molar-refractivity contribution in [2.24, 2.45) is 10.2 Å². The van der Waals surface area contributed by atoms with Gasteiger partial charge in [-0.05, 0) is 36.4 Å². The topological polar surface area (TPSA) is 96.3 Å². The number of halogens is 2. The van der Waals surface area contributed by atoms with Crippen molar-refractivity contribution >= 4 is 45.7 Å². The second-order valence-corrected chi connectivity index (χ2v) is 6.03. The van der Waals surface area contributed by atoms with E-state index in [0.29, 0.717) is 32.4 Å². The van der Waals surface area contributed by atoms with Crippen molar-refractivity contribution in [1.29, 1.82) is 0 Å². The second kappa shape index (κ2) is 7.63. The minimum Gasteiger partial charge on any atom is -0.497 e. The van der Waals surface area contributed by atoms with Crippen LogP contribution < -0.4 is 9.47 Å². The van der Waals surface area contributed by atoms with Gasteiger partial charge in [-0.1, -0.05) is 23.2 Å². The van der Waals surface area contributed by atoms with E-state index >= 15 is 0 Å². The zero-order valence-corrected chi connectivity index (χ0v) is 15.0. The standard InChI is InChI=1S/C17H13Cl2N3O4/c1-25-10-2-4-11(5-3-10)26-8-14(23)21-22-16-12-6-9(18)7-13(19)15(12)20-17(16)24/h2-7,20,24H,8H2,1H3. The second-order valence-electron chi connectivity index (χ2n) is 5.19. The van der Waals surface area contributed by atoms with Crippen LogP contribution in [-0.2, 0) is 4.79 Å². The van der Waals surface area contributed by atoms with Gasteiger partial charge in [0.05, 0.1) is 17.6 Å². The Bertz CT molecular complexity index is 984. The molecule has 0 spiro atoms. The summed E-state index contributed by atoms with van der Waals surface area (Å²) in [6, 6.07) is 9.83. The van der Waals surface area contributed by atoms with Gasteiger partial charge < -0.3 is 19.6 Å². The molecule has 0 bridgehead atoms. The highest BCUT2D eigenvalue weighted by Gasteiger charge is 2.14. The van der Waals surface area contributed by atoms with E-state index in [1.165, 1.54) is 6.07 Å². The summed E-state index contributed by atoms with van der Waals surface area (Å²) in [5.74, 6) is 0.276. The highest BCUT2D eigenvalue weighted by atomic mass is 35.5. The molecule has 0 fully saturated rings. The third kappa shape index (κ3) is 3.89. The summed E-state index contributed by atoms with van der Waals surface area (Å²) >= 11 is 12.0. The Morgan fingerprint density at radius 3 is 2.58 bits per heavy atom. The van der Waals surface area contributed by atoms with Crippen molar-refractivity contribution < 1.29 is 19.4 Å². The summed E-state index contributed by atoms with van der Waals surface area (Å²) in [4.78, 5) is 14.5. The average Bonchev–Trinajstić information content (AvgIpc) is 2.94. The zero-order chi connectivity index (χ0) is 18.7. The number of fused-ring (bicyclic) bond motifs is 1. The average molecular weight is 394 g/mol. The number of rotatable bonds is 5. The van der Waals surface area contributed by atoms with Crippen LogP contribution >= 0.6 is 23.2 Å². The molecule has 1 heterocycles. The van der Waals surface area contributed by atoms with Gasteiger partial charge in [-0.15, -0.1) is 10.2 Å². The van der Waals surface area contributed by atoms with E-state index in [-0.39, 0.29) is 18.2 Å². The number of aromatic amines is 1. The number of aromatic hydroxyl groups is 1. The quantitative estimate of drug-likeness (QED) is 0.603. The summed E-state index contributed by atoms with van der Waals surface area (Å²) in [5.41, 5.74) is 0.520. The van der Waals surface area contributed by atoms with Gasteiger partial charge in [0, 0.05) is 10.4 Å². The molecule has 3 rings (SSSR count). The van der Waals surface area contributed by atoms with Crippen LogP contribution in [0.2, 0.25) is 10.0 Å². The summed E-state index contributed by atoms with van der Waals surface area (Å²) in [5, 5.41) is 18.4. The number of nitrogens with one attached hydrogen (secondary N) is 1. The number of amides is 1. The number of benzene rings is 2. The molecule has 7 nitrogen and oxygen atoms in total. The fraction of sp³-hybridized carbons (Fsp3) is 0.118. The number of hydrogen-bond acceptors (Lipinski definition) is 5. The smallest absolute Gasteiger partial charge is 0.302 e. The lowest BCUT2D eigenvalue weighted by atomic mass is 10.2. The summed E-state index contributed by atoms with van der Waals surface area (Å²) in [7, 11) is 1.56. The van der Waals surface area contributed by atoms with Crippen molar-refractivity contribution in [1.82, 2.24) is 4.98 Å². The summed E-state index contributed by atoms with van der Waals surface area (Å²) in [6.07, 6.45) is 0. The fourth-order valence-electron chi connectivity index (χ4n) is 2.25. The molecule has 2 aromatic carbocycles. The monoisotopic (exact) mass is 393 g/mol. The lowest BCUT2D eigenvalue weighted by Gasteiger charge is -2.04. The SMILES string of the molecule is COc1ccc(OCC(=O)N=Nc2c(O)[nH]c3c(Cl)cc(Cl)cc23)cc1. The number of methoxy groups -OCH3 is 1. The van der Waals surface area contributed by atoms with Crippen molar-refractivity contribution in [2.45, 2.75) is 0 Å². The number of hydrogen-bond donors (Lipinski definition) is 2. The molecular weight excluding hydrogens is 381 g/mol. The molecule has 2 N–H and O–H groups in total. The van der Waals surface area contributed by atoms with E-state index in [0.717, 1.165) is 0 Å². The molecular formula is C17H13Cl2N3O4. The van der Waals surface area contributed by atoms with Gasteiger partial charge in [-0.3, -0.25) is 4.79 Å². The molecule has 3 aromatic rings. The van der Waals surface area contributed by atoms with Crippen LogP contribution in [0.5, 0.6) is 17.4 Å². The molecule has 0 saturated carbocycles. The minimum atomic E-state index is -0.623. The molecule has 0 aliphatic carbocycles. The molecule has 1 amide bonds. The van der Waals surface area contributed by atoms with Gasteiger partial charge in [-0.2, -0.15) is 0 Å². The van der Waals surface area contributed by atoms with Crippen molar-refractivity contribution in [2.75, 3.05) is 13.7 Å². The van der Waals surface area contributed by atoms with Crippen LogP contribution in [0.1, 0.15) is 0 Å². The number of nitrogens with zero attached hydrogens (tertiary/aromatic N) is 2. The van der Waals surface area contributed by atoms with E-state index in [1.807, 2.05) is 0 Å². The normalized spacial score (nSPS) is 11.2. The van der Waals surface area contributed by atoms with Crippen LogP contribution in [-0.4, -0.2) is 29.7 Å². The first kappa shape index (κ1) is 18.0. The van der Waals surface area contributed by atoms with Gasteiger partial charge >= 0.3 is 5.91 Å². The van der Waals surface area contributed by atoms with Crippen LogP contribution in [0.15, 0.2) is 46.6 Å². The number of H-pyrrole nitrogens is 1. The first-order chi connectivity index (χ1) is 12.5. The molecule has 26 heavy (non-hydrogen) atoms. The van der Waals surface area contributed by atoms with E-state index in [2.05, 4.69) is 15.2 Å². The Morgan fingerprint density at radius 2 is 1.88 bits per heavy atom. The van der Waals surface area contributed by atoms with Gasteiger partial charge in [0.15, 0.2) is 12.3 Å². The Kier molecular flexibility index (Phi) is 5.29. The Labute approximate surface area is 158 Å². The first-order valence-corrected chi connectivity index (χ1v) is 8.14. The van der Waals surface area contributed by atoms with Crippen molar-refractivity contribution in [3.63, 3.8) is 0 Å². The molecule has 1 aromatic heterocycles. The van der Waals surface area contributed by atoms with E-state index in [4.69, 9.17) is 32.7 Å². The molecule has 0 aliphatic rings. The van der Waals surface area contributed by atoms with E-state index in [1.54, 1.807) is 37.4 Å². The number of ether oxygens (including phenoxy) is 2. The van der Waals surface area contributed by atoms with E-state index < -0.39 is 5.91 Å². The van der Waals surface area contributed by atoms with Crippen LogP contribution in [0.3, 0.4) is 0 Å². The highest BCUT2D eigenvalue weighted by Crippen LogP contribution is 2.40. The summed E-state index contributed by atoms with van der Waals surface area (Å²) < 4.78 is 10.4. The third-order valence-electron chi connectivity index (χ3n) is 3.46. The molecule has 0 saturated heterocycles. The van der Waals surface area contributed by atoms with Gasteiger partial charge in [0.1, 0.15) is 11.5 Å². The molecule has 0 radical (unpaired) electrons. The lowest BCUT2D eigenvalue weighted by molar-refractivity contribution is -0.120. The Morgan fingerprint density at radius 1 is 1.19 bits per heavy atom. The van der Waals surface area contributed by atoms with Crippen LogP contribution in [0.4, 0.5) is 5.69 Å². The Balaban J connectivity index is 1.72.